The lowest BCUT2D eigenvalue weighted by Crippen LogP contribution is -2.46. The molecule has 1 aliphatic heterocycles. The van der Waals surface area contributed by atoms with Crippen LogP contribution in [0.15, 0.2) is 35.5 Å². The predicted octanol–water partition coefficient (Wildman–Crippen LogP) is 0.345. The number of hydrogen-bond donors (Lipinski definition) is 1. The Hall–Kier alpha value is -1.62. The number of ether oxygens (including phenoxy) is 1. The SMILES string of the molecule is C=C(C#N)C=C(C(=C)OC)S(=O)(=O)N1CCNCC1. The van der Waals surface area contributed by atoms with Crippen molar-refractivity contribution in [3.63, 3.8) is 0 Å². The topological polar surface area (TPSA) is 82.4 Å². The van der Waals surface area contributed by atoms with E-state index in [-0.39, 0.29) is 16.2 Å². The number of methoxy groups -OCH3 is 1. The van der Waals surface area contributed by atoms with E-state index in [4.69, 9.17) is 10.00 Å². The summed E-state index contributed by atoms with van der Waals surface area (Å²) < 4.78 is 31.2. The van der Waals surface area contributed by atoms with Gasteiger partial charge in [0, 0.05) is 31.8 Å². The van der Waals surface area contributed by atoms with Crippen molar-refractivity contribution in [1.29, 1.82) is 5.26 Å². The van der Waals surface area contributed by atoms with Gasteiger partial charge in [-0.25, -0.2) is 8.42 Å². The van der Waals surface area contributed by atoms with Crippen molar-refractivity contribution in [3.8, 4) is 6.07 Å². The van der Waals surface area contributed by atoms with E-state index in [1.54, 1.807) is 6.07 Å². The fourth-order valence-corrected chi connectivity index (χ4v) is 3.22. The Morgan fingerprint density at radius 2 is 2.00 bits per heavy atom. The second-order valence-corrected chi connectivity index (χ2v) is 5.83. The summed E-state index contributed by atoms with van der Waals surface area (Å²) in [4.78, 5) is -0.122. The maximum Gasteiger partial charge on any atom is 0.246 e. The quantitative estimate of drug-likeness (QED) is 0.447. The van der Waals surface area contributed by atoms with Gasteiger partial charge in [0.1, 0.15) is 10.7 Å². The van der Waals surface area contributed by atoms with Crippen LogP contribution in [0, 0.1) is 11.3 Å². The molecule has 0 saturated carbocycles. The number of nitrogens with zero attached hydrogens (tertiary/aromatic N) is 2. The number of allylic oxidation sites excluding steroid dienone is 2. The Kier molecular flexibility index (Phi) is 5.30. The summed E-state index contributed by atoms with van der Waals surface area (Å²) in [5.41, 5.74) is 0.0342. The molecule has 0 aromatic rings. The minimum Gasteiger partial charge on any atom is -0.496 e. The van der Waals surface area contributed by atoms with Crippen LogP contribution in [0.4, 0.5) is 0 Å². The van der Waals surface area contributed by atoms with E-state index in [2.05, 4.69) is 18.5 Å². The summed E-state index contributed by atoms with van der Waals surface area (Å²) in [7, 11) is -2.39. The van der Waals surface area contributed by atoms with Gasteiger partial charge >= 0.3 is 0 Å². The summed E-state index contributed by atoms with van der Waals surface area (Å²) in [6, 6.07) is 1.79. The number of piperazine rings is 1. The highest BCUT2D eigenvalue weighted by molar-refractivity contribution is 7.93. The largest absolute Gasteiger partial charge is 0.496 e. The highest BCUT2D eigenvalue weighted by atomic mass is 32.2. The van der Waals surface area contributed by atoms with E-state index < -0.39 is 10.0 Å². The molecule has 1 fully saturated rings. The van der Waals surface area contributed by atoms with Gasteiger partial charge in [-0.2, -0.15) is 9.57 Å². The van der Waals surface area contributed by atoms with Gasteiger partial charge in [0.2, 0.25) is 10.0 Å². The minimum absolute atomic E-state index is 0.00469. The van der Waals surface area contributed by atoms with E-state index in [9.17, 15) is 8.42 Å². The molecule has 1 aliphatic rings. The van der Waals surface area contributed by atoms with Gasteiger partial charge in [-0.3, -0.25) is 0 Å². The van der Waals surface area contributed by atoms with Gasteiger partial charge in [-0.1, -0.05) is 13.2 Å². The molecule has 0 aromatic heterocycles. The van der Waals surface area contributed by atoms with Crippen LogP contribution in [0.3, 0.4) is 0 Å². The van der Waals surface area contributed by atoms with Gasteiger partial charge in [0.25, 0.3) is 0 Å². The van der Waals surface area contributed by atoms with Gasteiger partial charge in [-0.05, 0) is 6.08 Å². The summed E-state index contributed by atoms with van der Waals surface area (Å²) in [5, 5.41) is 11.8. The molecular weight excluding hydrogens is 266 g/mol. The molecule has 0 radical (unpaired) electrons. The molecule has 1 heterocycles. The average molecular weight is 283 g/mol. The maximum absolute atomic E-state index is 12.5. The zero-order chi connectivity index (χ0) is 14.5. The molecule has 19 heavy (non-hydrogen) atoms. The summed E-state index contributed by atoms with van der Waals surface area (Å²) >= 11 is 0. The highest BCUT2D eigenvalue weighted by Crippen LogP contribution is 2.22. The van der Waals surface area contributed by atoms with E-state index in [0.29, 0.717) is 26.2 Å². The van der Waals surface area contributed by atoms with Crippen molar-refractivity contribution in [1.82, 2.24) is 9.62 Å². The molecule has 0 aromatic carbocycles. The lowest BCUT2D eigenvalue weighted by atomic mass is 10.3. The molecule has 1 N–H and O–H groups in total. The molecule has 0 amide bonds. The predicted molar refractivity (Wildman–Crippen MR) is 72.3 cm³/mol. The molecule has 0 unspecified atom stereocenters. The molecule has 0 bridgehead atoms. The first-order chi connectivity index (χ1) is 8.93. The van der Waals surface area contributed by atoms with Crippen molar-refractivity contribution in [2.45, 2.75) is 0 Å². The van der Waals surface area contributed by atoms with Gasteiger partial charge < -0.3 is 10.1 Å². The molecule has 104 valence electrons. The summed E-state index contributed by atoms with van der Waals surface area (Å²) in [5.74, 6) is -0.00469. The Morgan fingerprint density at radius 3 is 2.47 bits per heavy atom. The molecule has 0 atom stereocenters. The summed E-state index contributed by atoms with van der Waals surface area (Å²) in [6.07, 6.45) is 1.18. The first kappa shape index (κ1) is 15.4. The maximum atomic E-state index is 12.5. The first-order valence-corrected chi connectivity index (χ1v) is 7.12. The van der Waals surface area contributed by atoms with Crippen molar-refractivity contribution in [2.24, 2.45) is 0 Å². The number of hydrogen-bond acceptors (Lipinski definition) is 5. The van der Waals surface area contributed by atoms with Crippen molar-refractivity contribution in [3.05, 3.63) is 35.5 Å². The third-order valence-electron chi connectivity index (χ3n) is 2.66. The monoisotopic (exact) mass is 283 g/mol. The van der Waals surface area contributed by atoms with Crippen LogP contribution in [0.25, 0.3) is 0 Å². The number of nitrogens with one attached hydrogen (secondary N) is 1. The standard InChI is InChI=1S/C12H17N3O3S/c1-10(9-13)8-12(11(2)18-3)19(16,17)15-6-4-14-5-7-15/h8,14H,1-2,4-7H2,3H3. The van der Waals surface area contributed by atoms with Crippen LogP contribution in [-0.4, -0.2) is 46.0 Å². The van der Waals surface area contributed by atoms with E-state index in [1.165, 1.54) is 17.5 Å². The van der Waals surface area contributed by atoms with Crippen LogP contribution in [0.2, 0.25) is 0 Å². The Bertz CT molecular complexity index is 537. The number of sulfonamides is 1. The van der Waals surface area contributed by atoms with Crippen LogP contribution >= 0.6 is 0 Å². The van der Waals surface area contributed by atoms with Crippen LogP contribution in [0.1, 0.15) is 0 Å². The zero-order valence-corrected chi connectivity index (χ0v) is 11.7. The van der Waals surface area contributed by atoms with E-state index in [1.807, 2.05) is 0 Å². The Morgan fingerprint density at radius 1 is 1.42 bits per heavy atom. The molecule has 6 nitrogen and oxygen atoms in total. The first-order valence-electron chi connectivity index (χ1n) is 5.68. The molecule has 0 spiro atoms. The molecule has 7 heteroatoms. The average Bonchev–Trinajstić information content (AvgIpc) is 2.44. The molecule has 0 aliphatic carbocycles. The fraction of sp³-hybridized carbons (Fsp3) is 0.417. The molecular formula is C12H17N3O3S. The highest BCUT2D eigenvalue weighted by Gasteiger charge is 2.30. The van der Waals surface area contributed by atoms with Crippen molar-refractivity contribution in [2.75, 3.05) is 33.3 Å². The van der Waals surface area contributed by atoms with Crippen molar-refractivity contribution < 1.29 is 13.2 Å². The normalized spacial score (nSPS) is 17.6. The van der Waals surface area contributed by atoms with Gasteiger partial charge in [-0.15, -0.1) is 0 Å². The second-order valence-electron chi connectivity index (χ2n) is 3.93. The fourth-order valence-electron chi connectivity index (χ4n) is 1.61. The third kappa shape index (κ3) is 3.67. The lowest BCUT2D eigenvalue weighted by molar-refractivity contribution is 0.303. The van der Waals surface area contributed by atoms with Gasteiger partial charge in [0.05, 0.1) is 13.2 Å². The third-order valence-corrected chi connectivity index (χ3v) is 4.61. The Labute approximate surface area is 113 Å². The summed E-state index contributed by atoms with van der Waals surface area (Å²) in [6.45, 7) is 8.94. The van der Waals surface area contributed by atoms with Gasteiger partial charge in [0.15, 0.2) is 0 Å². The zero-order valence-electron chi connectivity index (χ0n) is 10.8. The van der Waals surface area contributed by atoms with Crippen LogP contribution in [0.5, 0.6) is 0 Å². The lowest BCUT2D eigenvalue weighted by Gasteiger charge is -2.27. The van der Waals surface area contributed by atoms with E-state index in [0.717, 1.165) is 0 Å². The smallest absolute Gasteiger partial charge is 0.246 e. The molecule has 1 saturated heterocycles. The second kappa shape index (κ2) is 6.52. The molecule has 1 rings (SSSR count). The number of rotatable bonds is 5. The van der Waals surface area contributed by atoms with Crippen LogP contribution in [-0.2, 0) is 14.8 Å². The van der Waals surface area contributed by atoms with Crippen molar-refractivity contribution >= 4 is 10.0 Å². The van der Waals surface area contributed by atoms with Crippen LogP contribution < -0.4 is 5.32 Å². The Balaban J connectivity index is 3.16. The number of nitriles is 1. The van der Waals surface area contributed by atoms with E-state index >= 15 is 0 Å². The minimum atomic E-state index is -3.72.